The van der Waals surface area contributed by atoms with E-state index in [4.69, 9.17) is 11.6 Å². The molecule has 1 fully saturated rings. The van der Waals surface area contributed by atoms with Crippen molar-refractivity contribution in [1.82, 2.24) is 0 Å². The van der Waals surface area contributed by atoms with Gasteiger partial charge < -0.3 is 0 Å². The third-order valence-corrected chi connectivity index (χ3v) is 3.80. The van der Waals surface area contributed by atoms with Crippen molar-refractivity contribution in [3.8, 4) is 0 Å². The molecule has 0 aromatic rings. The summed E-state index contributed by atoms with van der Waals surface area (Å²) < 4.78 is 0. The summed E-state index contributed by atoms with van der Waals surface area (Å²) in [5, 5.41) is 0.410. The van der Waals surface area contributed by atoms with Crippen molar-refractivity contribution in [3.63, 3.8) is 0 Å². The summed E-state index contributed by atoms with van der Waals surface area (Å²) >= 11 is 6.32. The minimum absolute atomic E-state index is 0.410. The molecular weight excluding hydrogens is 156 g/mol. The molecule has 0 bridgehead atoms. The quantitative estimate of drug-likeness (QED) is 0.561. The Bertz CT molecular complexity index is 120. The highest BCUT2D eigenvalue weighted by atomic mass is 35.5. The van der Waals surface area contributed by atoms with Crippen molar-refractivity contribution in [2.24, 2.45) is 17.8 Å². The lowest BCUT2D eigenvalue weighted by Crippen LogP contribution is -2.22. The first-order valence-electron chi connectivity index (χ1n) is 4.77. The Hall–Kier alpha value is 0.290. The maximum absolute atomic E-state index is 6.32. The molecule has 66 valence electrons. The summed E-state index contributed by atoms with van der Waals surface area (Å²) in [5.41, 5.74) is 0. The molecule has 0 nitrogen and oxygen atoms in total. The van der Waals surface area contributed by atoms with E-state index in [1.54, 1.807) is 0 Å². The van der Waals surface area contributed by atoms with Crippen molar-refractivity contribution < 1.29 is 0 Å². The second-order valence-electron chi connectivity index (χ2n) is 4.26. The lowest BCUT2D eigenvalue weighted by atomic mass is 9.89. The Morgan fingerprint density at radius 2 is 1.91 bits per heavy atom. The predicted molar refractivity (Wildman–Crippen MR) is 51.0 cm³/mol. The maximum atomic E-state index is 6.32. The zero-order valence-corrected chi connectivity index (χ0v) is 8.56. The van der Waals surface area contributed by atoms with Crippen LogP contribution in [-0.2, 0) is 0 Å². The molecule has 0 N–H and O–H groups in total. The molecule has 0 radical (unpaired) electrons. The van der Waals surface area contributed by atoms with Crippen molar-refractivity contribution in [1.29, 1.82) is 0 Å². The second-order valence-corrected chi connectivity index (χ2v) is 4.76. The molecular formula is C10H19Cl. The third kappa shape index (κ3) is 2.11. The van der Waals surface area contributed by atoms with Gasteiger partial charge in [-0.05, 0) is 24.2 Å². The number of rotatable bonds is 2. The SMILES string of the molecule is CC(C)C(Cl)C1CCCC1C. The summed E-state index contributed by atoms with van der Waals surface area (Å²) in [7, 11) is 0. The van der Waals surface area contributed by atoms with Crippen LogP contribution in [0.2, 0.25) is 0 Å². The minimum atomic E-state index is 0.410. The van der Waals surface area contributed by atoms with Crippen LogP contribution in [0.15, 0.2) is 0 Å². The monoisotopic (exact) mass is 174 g/mol. The number of alkyl halides is 1. The standard InChI is InChI=1S/C10H19Cl/c1-7(2)10(11)9-6-4-5-8(9)3/h7-10H,4-6H2,1-3H3. The average molecular weight is 175 g/mol. The zero-order chi connectivity index (χ0) is 8.43. The van der Waals surface area contributed by atoms with E-state index in [-0.39, 0.29) is 0 Å². The van der Waals surface area contributed by atoms with Crippen molar-refractivity contribution >= 4 is 11.6 Å². The molecule has 0 aromatic heterocycles. The Morgan fingerprint density at radius 3 is 2.27 bits per heavy atom. The first kappa shape index (κ1) is 9.38. The van der Waals surface area contributed by atoms with Crippen LogP contribution < -0.4 is 0 Å². The molecule has 0 aromatic carbocycles. The molecule has 1 heteroatoms. The zero-order valence-electron chi connectivity index (χ0n) is 7.81. The minimum Gasteiger partial charge on any atom is -0.122 e. The van der Waals surface area contributed by atoms with E-state index in [9.17, 15) is 0 Å². The lowest BCUT2D eigenvalue weighted by molar-refractivity contribution is 0.351. The molecule has 1 aliphatic rings. The fourth-order valence-electron chi connectivity index (χ4n) is 2.14. The highest BCUT2D eigenvalue weighted by Gasteiger charge is 2.30. The van der Waals surface area contributed by atoms with Crippen LogP contribution in [0.25, 0.3) is 0 Å². The molecule has 3 unspecified atom stereocenters. The molecule has 11 heavy (non-hydrogen) atoms. The Kier molecular flexibility index (Phi) is 3.24. The van der Waals surface area contributed by atoms with Crippen molar-refractivity contribution in [2.75, 3.05) is 0 Å². The topological polar surface area (TPSA) is 0 Å². The third-order valence-electron chi connectivity index (χ3n) is 2.97. The molecule has 1 saturated carbocycles. The average Bonchev–Trinajstić information content (AvgIpc) is 2.33. The molecule has 1 rings (SSSR count). The summed E-state index contributed by atoms with van der Waals surface area (Å²) in [5.74, 6) is 2.29. The van der Waals surface area contributed by atoms with Crippen LogP contribution in [0.4, 0.5) is 0 Å². The van der Waals surface area contributed by atoms with E-state index in [0.717, 1.165) is 11.8 Å². The number of hydrogen-bond acceptors (Lipinski definition) is 0. The molecule has 0 amide bonds. The maximum Gasteiger partial charge on any atom is 0.0389 e. The Balaban J connectivity index is 2.45. The highest BCUT2D eigenvalue weighted by molar-refractivity contribution is 6.21. The normalized spacial score (nSPS) is 34.6. The van der Waals surface area contributed by atoms with Gasteiger partial charge in [0, 0.05) is 5.38 Å². The summed E-state index contributed by atoms with van der Waals surface area (Å²) in [6.45, 7) is 6.79. The highest BCUT2D eigenvalue weighted by Crippen LogP contribution is 2.38. The molecule has 0 spiro atoms. The van der Waals surface area contributed by atoms with E-state index >= 15 is 0 Å². The molecule has 1 aliphatic carbocycles. The lowest BCUT2D eigenvalue weighted by Gasteiger charge is -2.24. The van der Waals surface area contributed by atoms with Crippen molar-refractivity contribution in [3.05, 3.63) is 0 Å². The van der Waals surface area contributed by atoms with Crippen LogP contribution in [0.1, 0.15) is 40.0 Å². The van der Waals surface area contributed by atoms with Gasteiger partial charge in [-0.2, -0.15) is 0 Å². The number of halogens is 1. The fourth-order valence-corrected chi connectivity index (χ4v) is 2.52. The van der Waals surface area contributed by atoms with Gasteiger partial charge >= 0.3 is 0 Å². The summed E-state index contributed by atoms with van der Waals surface area (Å²) in [6, 6.07) is 0. The van der Waals surface area contributed by atoms with Crippen LogP contribution in [0.5, 0.6) is 0 Å². The Morgan fingerprint density at radius 1 is 1.27 bits per heavy atom. The van der Waals surface area contributed by atoms with E-state index < -0.39 is 0 Å². The van der Waals surface area contributed by atoms with Gasteiger partial charge in [-0.3, -0.25) is 0 Å². The Labute approximate surface area is 75.3 Å². The van der Waals surface area contributed by atoms with Gasteiger partial charge in [-0.1, -0.05) is 33.6 Å². The van der Waals surface area contributed by atoms with Crippen LogP contribution in [0.3, 0.4) is 0 Å². The van der Waals surface area contributed by atoms with Crippen molar-refractivity contribution in [2.45, 2.75) is 45.4 Å². The summed E-state index contributed by atoms with van der Waals surface area (Å²) in [6.07, 6.45) is 4.13. The van der Waals surface area contributed by atoms with Gasteiger partial charge in [0.05, 0.1) is 0 Å². The smallest absolute Gasteiger partial charge is 0.0389 e. The van der Waals surface area contributed by atoms with E-state index in [2.05, 4.69) is 20.8 Å². The van der Waals surface area contributed by atoms with E-state index in [0.29, 0.717) is 11.3 Å². The van der Waals surface area contributed by atoms with E-state index in [1.807, 2.05) is 0 Å². The largest absolute Gasteiger partial charge is 0.122 e. The predicted octanol–water partition coefficient (Wildman–Crippen LogP) is 3.69. The van der Waals surface area contributed by atoms with E-state index in [1.165, 1.54) is 19.3 Å². The molecule has 3 atom stereocenters. The van der Waals surface area contributed by atoms with Gasteiger partial charge in [0.1, 0.15) is 0 Å². The van der Waals surface area contributed by atoms with Crippen LogP contribution in [-0.4, -0.2) is 5.38 Å². The molecule has 0 aliphatic heterocycles. The summed E-state index contributed by atoms with van der Waals surface area (Å²) in [4.78, 5) is 0. The van der Waals surface area contributed by atoms with Crippen LogP contribution >= 0.6 is 11.6 Å². The number of hydrogen-bond donors (Lipinski definition) is 0. The van der Waals surface area contributed by atoms with Gasteiger partial charge in [0.2, 0.25) is 0 Å². The van der Waals surface area contributed by atoms with Crippen LogP contribution in [0, 0.1) is 17.8 Å². The van der Waals surface area contributed by atoms with Gasteiger partial charge in [-0.25, -0.2) is 0 Å². The molecule has 0 heterocycles. The van der Waals surface area contributed by atoms with Gasteiger partial charge in [0.25, 0.3) is 0 Å². The van der Waals surface area contributed by atoms with Gasteiger partial charge in [0.15, 0.2) is 0 Å². The fraction of sp³-hybridized carbons (Fsp3) is 1.00. The first-order valence-corrected chi connectivity index (χ1v) is 5.20. The molecule has 0 saturated heterocycles. The second kappa shape index (κ2) is 3.80. The first-order chi connectivity index (χ1) is 5.13. The van der Waals surface area contributed by atoms with Gasteiger partial charge in [-0.15, -0.1) is 11.6 Å².